The lowest BCUT2D eigenvalue weighted by Crippen LogP contribution is -2.35. The lowest BCUT2D eigenvalue weighted by Gasteiger charge is -2.25. The van der Waals surface area contributed by atoms with Gasteiger partial charge in [-0.05, 0) is 31.5 Å². The molecule has 2 rings (SSSR count). The summed E-state index contributed by atoms with van der Waals surface area (Å²) >= 11 is 0. The lowest BCUT2D eigenvalue weighted by molar-refractivity contribution is -0.156. The number of carbonyl (C=O) groups excluding carboxylic acids is 1. The van der Waals surface area contributed by atoms with Gasteiger partial charge in [0.25, 0.3) is 0 Å². The van der Waals surface area contributed by atoms with E-state index in [9.17, 15) is 4.79 Å². The molecular formula is C16H23NO3. The normalized spacial score (nSPS) is 21.6. The highest BCUT2D eigenvalue weighted by atomic mass is 16.6. The molecule has 0 amide bonds. The summed E-state index contributed by atoms with van der Waals surface area (Å²) in [7, 11) is 0. The maximum Gasteiger partial charge on any atom is 0.313 e. The van der Waals surface area contributed by atoms with Crippen molar-refractivity contribution >= 4 is 5.97 Å². The zero-order valence-electron chi connectivity index (χ0n) is 12.1. The summed E-state index contributed by atoms with van der Waals surface area (Å²) in [5.74, 6) is 0.718. The molecule has 1 fully saturated rings. The number of benzene rings is 1. The van der Waals surface area contributed by atoms with Gasteiger partial charge in [-0.3, -0.25) is 4.79 Å². The Hall–Kier alpha value is -1.55. The Morgan fingerprint density at radius 2 is 2.10 bits per heavy atom. The van der Waals surface area contributed by atoms with Gasteiger partial charge in [0.1, 0.15) is 19.0 Å². The number of para-hydroxylation sites is 1. The third-order valence-corrected chi connectivity index (χ3v) is 3.73. The quantitative estimate of drug-likeness (QED) is 0.614. The molecule has 1 saturated heterocycles. The molecule has 110 valence electrons. The van der Waals surface area contributed by atoms with E-state index in [0.717, 1.165) is 38.1 Å². The highest BCUT2D eigenvalue weighted by Gasteiger charge is 2.41. The van der Waals surface area contributed by atoms with E-state index in [2.05, 4.69) is 12.2 Å². The van der Waals surface area contributed by atoms with Crippen molar-refractivity contribution in [2.75, 3.05) is 26.3 Å². The molecule has 1 aromatic carbocycles. The molecule has 1 heterocycles. The van der Waals surface area contributed by atoms with Gasteiger partial charge >= 0.3 is 5.97 Å². The van der Waals surface area contributed by atoms with Crippen molar-refractivity contribution in [2.45, 2.75) is 26.2 Å². The van der Waals surface area contributed by atoms with Crippen LogP contribution in [0.4, 0.5) is 0 Å². The minimum absolute atomic E-state index is 0.0824. The molecule has 0 bridgehead atoms. The van der Waals surface area contributed by atoms with Crippen LogP contribution in [0.15, 0.2) is 30.3 Å². The second-order valence-corrected chi connectivity index (χ2v) is 5.25. The molecule has 1 unspecified atom stereocenters. The van der Waals surface area contributed by atoms with Gasteiger partial charge in [0.05, 0.1) is 5.41 Å². The van der Waals surface area contributed by atoms with E-state index < -0.39 is 0 Å². The molecule has 1 aliphatic heterocycles. The summed E-state index contributed by atoms with van der Waals surface area (Å²) in [4.78, 5) is 12.3. The summed E-state index contributed by atoms with van der Waals surface area (Å²) in [6.07, 6.45) is 2.76. The number of ether oxygens (including phenoxy) is 2. The number of rotatable bonds is 7. The number of hydrogen-bond donors (Lipinski definition) is 1. The number of esters is 1. The predicted molar refractivity (Wildman–Crippen MR) is 77.7 cm³/mol. The van der Waals surface area contributed by atoms with Crippen LogP contribution in [0.1, 0.15) is 26.2 Å². The second-order valence-electron chi connectivity index (χ2n) is 5.25. The zero-order chi connectivity index (χ0) is 14.3. The standard InChI is InChI=1S/C16H23NO3/c1-2-8-16(9-10-17-13-16)15(18)20-12-11-19-14-6-4-3-5-7-14/h3-7,17H,2,8-13H2,1H3. The largest absolute Gasteiger partial charge is 0.490 e. The first-order valence-electron chi connectivity index (χ1n) is 7.33. The van der Waals surface area contributed by atoms with Crippen LogP contribution in [0.3, 0.4) is 0 Å². The molecule has 0 radical (unpaired) electrons. The van der Waals surface area contributed by atoms with E-state index >= 15 is 0 Å². The molecule has 1 atom stereocenters. The lowest BCUT2D eigenvalue weighted by atomic mass is 9.83. The number of hydrogen-bond acceptors (Lipinski definition) is 4. The fourth-order valence-corrected chi connectivity index (χ4v) is 2.68. The van der Waals surface area contributed by atoms with Gasteiger partial charge in [0.2, 0.25) is 0 Å². The molecule has 20 heavy (non-hydrogen) atoms. The van der Waals surface area contributed by atoms with E-state index in [0.29, 0.717) is 13.2 Å². The summed E-state index contributed by atoms with van der Waals surface area (Å²) in [5, 5.41) is 3.26. The third kappa shape index (κ3) is 3.73. The number of nitrogens with one attached hydrogen (secondary N) is 1. The van der Waals surface area contributed by atoms with E-state index in [1.807, 2.05) is 30.3 Å². The minimum Gasteiger partial charge on any atom is -0.490 e. The SMILES string of the molecule is CCCC1(C(=O)OCCOc2ccccc2)CCNC1. The van der Waals surface area contributed by atoms with Crippen LogP contribution in [0.2, 0.25) is 0 Å². The molecule has 0 aliphatic carbocycles. The maximum atomic E-state index is 12.3. The Morgan fingerprint density at radius 1 is 1.30 bits per heavy atom. The molecule has 4 heteroatoms. The van der Waals surface area contributed by atoms with Crippen LogP contribution in [0.25, 0.3) is 0 Å². The van der Waals surface area contributed by atoms with Gasteiger partial charge < -0.3 is 14.8 Å². The van der Waals surface area contributed by atoms with Crippen molar-refractivity contribution in [1.29, 1.82) is 0 Å². The van der Waals surface area contributed by atoms with Crippen molar-refractivity contribution in [1.82, 2.24) is 5.32 Å². The average Bonchev–Trinajstić information content (AvgIpc) is 2.95. The van der Waals surface area contributed by atoms with Crippen molar-refractivity contribution in [3.63, 3.8) is 0 Å². The van der Waals surface area contributed by atoms with Crippen LogP contribution in [0.5, 0.6) is 5.75 Å². The van der Waals surface area contributed by atoms with E-state index in [1.54, 1.807) is 0 Å². The molecule has 1 aliphatic rings. The second kappa shape index (κ2) is 7.29. The smallest absolute Gasteiger partial charge is 0.313 e. The molecule has 4 nitrogen and oxygen atoms in total. The highest BCUT2D eigenvalue weighted by Crippen LogP contribution is 2.32. The van der Waals surface area contributed by atoms with Crippen LogP contribution >= 0.6 is 0 Å². The van der Waals surface area contributed by atoms with Gasteiger partial charge in [-0.15, -0.1) is 0 Å². The molecular weight excluding hydrogens is 254 g/mol. The van der Waals surface area contributed by atoms with E-state index in [4.69, 9.17) is 9.47 Å². The Labute approximate surface area is 120 Å². The number of carbonyl (C=O) groups is 1. The summed E-state index contributed by atoms with van der Waals surface area (Å²) in [6.45, 7) is 4.44. The van der Waals surface area contributed by atoms with Gasteiger partial charge in [0, 0.05) is 6.54 Å². The molecule has 0 spiro atoms. The predicted octanol–water partition coefficient (Wildman–Crippen LogP) is 2.39. The van der Waals surface area contributed by atoms with Crippen molar-refractivity contribution in [3.05, 3.63) is 30.3 Å². The summed E-state index contributed by atoms with van der Waals surface area (Å²) < 4.78 is 10.9. The van der Waals surface area contributed by atoms with Gasteiger partial charge in [0.15, 0.2) is 0 Å². The molecule has 0 saturated carbocycles. The fraction of sp³-hybridized carbons (Fsp3) is 0.562. The monoisotopic (exact) mass is 277 g/mol. The first-order chi connectivity index (χ1) is 9.77. The Balaban J connectivity index is 1.74. The van der Waals surface area contributed by atoms with E-state index in [-0.39, 0.29) is 11.4 Å². The van der Waals surface area contributed by atoms with Gasteiger partial charge in [-0.1, -0.05) is 31.5 Å². The van der Waals surface area contributed by atoms with E-state index in [1.165, 1.54) is 0 Å². The Morgan fingerprint density at radius 3 is 2.75 bits per heavy atom. The average molecular weight is 277 g/mol. The van der Waals surface area contributed by atoms with Crippen LogP contribution in [-0.2, 0) is 9.53 Å². The molecule has 0 aromatic heterocycles. The fourth-order valence-electron chi connectivity index (χ4n) is 2.68. The zero-order valence-corrected chi connectivity index (χ0v) is 12.1. The molecule has 1 aromatic rings. The Bertz CT molecular complexity index is 413. The van der Waals surface area contributed by atoms with Gasteiger partial charge in [-0.25, -0.2) is 0 Å². The van der Waals surface area contributed by atoms with Crippen LogP contribution < -0.4 is 10.1 Å². The first-order valence-corrected chi connectivity index (χ1v) is 7.33. The van der Waals surface area contributed by atoms with Crippen LogP contribution in [-0.4, -0.2) is 32.3 Å². The highest BCUT2D eigenvalue weighted by molar-refractivity contribution is 5.77. The summed E-state index contributed by atoms with van der Waals surface area (Å²) in [5.41, 5.74) is -0.318. The Kier molecular flexibility index (Phi) is 5.41. The van der Waals surface area contributed by atoms with Crippen molar-refractivity contribution < 1.29 is 14.3 Å². The third-order valence-electron chi connectivity index (χ3n) is 3.73. The molecule has 1 N–H and O–H groups in total. The minimum atomic E-state index is -0.318. The maximum absolute atomic E-state index is 12.3. The van der Waals surface area contributed by atoms with Crippen molar-refractivity contribution in [2.24, 2.45) is 5.41 Å². The van der Waals surface area contributed by atoms with Gasteiger partial charge in [-0.2, -0.15) is 0 Å². The summed E-state index contributed by atoms with van der Waals surface area (Å²) in [6, 6.07) is 9.56. The van der Waals surface area contributed by atoms with Crippen molar-refractivity contribution in [3.8, 4) is 5.75 Å². The van der Waals surface area contributed by atoms with Crippen LogP contribution in [0, 0.1) is 5.41 Å². The topological polar surface area (TPSA) is 47.6 Å². The first kappa shape index (κ1) is 14.9.